The molecular weight excluding hydrogens is 612 g/mol. The topological polar surface area (TPSA) is 114 Å². The minimum atomic E-state index is -4.61. The quantitative estimate of drug-likeness (QED) is 0.0401. The number of nitrogens with one attached hydrogen (secondary N) is 1. The van der Waals surface area contributed by atoms with Crippen molar-refractivity contribution in [3.8, 4) is 0 Å². The highest BCUT2D eigenvalue weighted by Crippen LogP contribution is 2.17. The van der Waals surface area contributed by atoms with E-state index in [-0.39, 0.29) is 6.23 Å². The van der Waals surface area contributed by atoms with Crippen molar-refractivity contribution in [1.29, 1.82) is 0 Å². The molecule has 8 nitrogen and oxygen atoms in total. The van der Waals surface area contributed by atoms with Gasteiger partial charge in [-0.3, -0.25) is 10.1 Å². The molecule has 260 valence electrons. The van der Waals surface area contributed by atoms with E-state index in [2.05, 4.69) is 76.2 Å². The minimum absolute atomic E-state index is 0.187. The molecule has 0 saturated heterocycles. The number of nitro groups is 1. The van der Waals surface area contributed by atoms with Gasteiger partial charge < -0.3 is 14.2 Å². The fourth-order valence-electron chi connectivity index (χ4n) is 5.53. The second-order valence-corrected chi connectivity index (χ2v) is 13.9. The highest BCUT2D eigenvalue weighted by atomic mass is 32.2. The Hall–Kier alpha value is -3.11. The van der Waals surface area contributed by atoms with Crippen LogP contribution in [0, 0.1) is 24.0 Å². The summed E-state index contributed by atoms with van der Waals surface area (Å²) in [7, 11) is -4.61. The smallest absolute Gasteiger partial charge is 0.270 e. The van der Waals surface area contributed by atoms with E-state index < -0.39 is 25.6 Å². The zero-order valence-electron chi connectivity index (χ0n) is 28.9. The summed E-state index contributed by atoms with van der Waals surface area (Å²) in [6.45, 7) is 11.9. The zero-order chi connectivity index (χ0) is 34.5. The summed E-state index contributed by atoms with van der Waals surface area (Å²) in [5.74, 6) is 0. The van der Waals surface area contributed by atoms with E-state index in [9.17, 15) is 23.1 Å². The third kappa shape index (κ3) is 16.5. The van der Waals surface area contributed by atoms with E-state index in [1.165, 1.54) is 104 Å². The molecule has 0 aliphatic rings. The van der Waals surface area contributed by atoms with Crippen molar-refractivity contribution in [2.75, 3.05) is 6.61 Å². The van der Waals surface area contributed by atoms with Crippen LogP contribution in [-0.2, 0) is 27.9 Å². The summed E-state index contributed by atoms with van der Waals surface area (Å²) in [5, 5.41) is 10.2. The van der Waals surface area contributed by atoms with Crippen molar-refractivity contribution in [3.63, 3.8) is 0 Å². The number of rotatable bonds is 21. The average molecular weight is 669 g/mol. The van der Waals surface area contributed by atoms with Gasteiger partial charge in [0.25, 0.3) is 5.69 Å². The van der Waals surface area contributed by atoms with E-state index in [0.29, 0.717) is 0 Å². The van der Waals surface area contributed by atoms with Crippen LogP contribution in [0.1, 0.15) is 113 Å². The summed E-state index contributed by atoms with van der Waals surface area (Å²) in [4.78, 5) is 10.3. The molecule has 0 radical (unpaired) electrons. The molecule has 0 amide bonds. The Morgan fingerprint density at radius 1 is 0.723 bits per heavy atom. The number of ether oxygens (including phenoxy) is 1. The van der Waals surface area contributed by atoms with Crippen LogP contribution in [0.3, 0.4) is 0 Å². The highest BCUT2D eigenvalue weighted by molar-refractivity contribution is 7.85. The maximum Gasteiger partial charge on any atom is 0.270 e. The lowest BCUT2D eigenvalue weighted by atomic mass is 10.1. The van der Waals surface area contributed by atoms with Crippen LogP contribution in [0.2, 0.25) is 0 Å². The predicted octanol–water partition coefficient (Wildman–Crippen LogP) is 8.45. The van der Waals surface area contributed by atoms with Gasteiger partial charge in [-0.2, -0.15) is 0 Å². The first-order chi connectivity index (χ1) is 22.5. The predicted molar refractivity (Wildman–Crippen MR) is 188 cm³/mol. The number of unbranched alkanes of at least 4 members (excludes halogenated alkanes) is 11. The molecule has 9 heteroatoms. The third-order valence-corrected chi connectivity index (χ3v) is 9.45. The van der Waals surface area contributed by atoms with Crippen LogP contribution in [0.5, 0.6) is 0 Å². The normalized spacial score (nSPS) is 12.0. The number of nitro benzene ring substituents is 1. The Balaban J connectivity index is 0.000000492. The first-order valence-corrected chi connectivity index (χ1v) is 18.7. The second-order valence-electron chi connectivity index (χ2n) is 12.5. The van der Waals surface area contributed by atoms with E-state index in [4.69, 9.17) is 4.74 Å². The molecule has 3 aromatic rings. The van der Waals surface area contributed by atoms with Crippen molar-refractivity contribution >= 4 is 15.8 Å². The van der Waals surface area contributed by atoms with E-state index in [0.717, 1.165) is 44.0 Å². The number of non-ortho nitro benzene ring substituents is 1. The maximum absolute atomic E-state index is 10.4. The molecule has 0 aliphatic carbocycles. The molecule has 0 heterocycles. The molecule has 0 bridgehead atoms. The van der Waals surface area contributed by atoms with Gasteiger partial charge in [0, 0.05) is 30.2 Å². The van der Waals surface area contributed by atoms with Gasteiger partial charge in [0.15, 0.2) is 6.23 Å². The summed E-state index contributed by atoms with van der Waals surface area (Å²) in [6, 6.07) is 21.5. The molecule has 3 rings (SSSR count). The van der Waals surface area contributed by atoms with Crippen molar-refractivity contribution in [2.24, 2.45) is 0 Å². The molecule has 1 N–H and O–H groups in total. The Bertz CT molecular complexity index is 1380. The molecule has 0 fully saturated rings. The van der Waals surface area contributed by atoms with Crippen molar-refractivity contribution in [2.45, 2.75) is 129 Å². The van der Waals surface area contributed by atoms with Gasteiger partial charge in [-0.1, -0.05) is 132 Å². The summed E-state index contributed by atoms with van der Waals surface area (Å²) >= 11 is 0. The summed E-state index contributed by atoms with van der Waals surface area (Å²) in [5.41, 5.74) is 5.17. The lowest BCUT2D eigenvalue weighted by Gasteiger charge is -2.27. The van der Waals surface area contributed by atoms with Gasteiger partial charge in [-0.15, -0.1) is 0 Å². The Kier molecular flexibility index (Phi) is 19.1. The van der Waals surface area contributed by atoms with Gasteiger partial charge in [-0.25, -0.2) is 8.42 Å². The van der Waals surface area contributed by atoms with Crippen LogP contribution in [-0.4, -0.2) is 30.7 Å². The fraction of sp³-hybridized carbons (Fsp3) is 0.526. The number of quaternary nitrogens is 1. The van der Waals surface area contributed by atoms with Crippen molar-refractivity contribution in [1.82, 2.24) is 0 Å². The molecule has 0 aliphatic heterocycles. The second kappa shape index (κ2) is 22.5. The third-order valence-electron chi connectivity index (χ3n) is 8.62. The monoisotopic (exact) mass is 668 g/mol. The molecule has 0 aromatic heterocycles. The molecule has 1 atom stereocenters. The highest BCUT2D eigenvalue weighted by Gasteiger charge is 2.20. The number of hydrogen-bond donors (Lipinski definition) is 1. The fourth-order valence-corrected chi connectivity index (χ4v) is 6.04. The average Bonchev–Trinajstić information content (AvgIpc) is 3.04. The molecule has 47 heavy (non-hydrogen) atoms. The number of benzene rings is 3. The summed E-state index contributed by atoms with van der Waals surface area (Å²) in [6.07, 6.45) is 16.8. The molecule has 0 spiro atoms. The van der Waals surface area contributed by atoms with E-state index >= 15 is 0 Å². The SMILES string of the molecule is CCCCCCCCCCCCCCOC(C)[NH+](Cc1ccccc1C)Cc1ccccc1C.O=[N+]([O-])c1cccc(S(=O)(=O)[O-])c1. The van der Waals surface area contributed by atoms with Gasteiger partial charge >= 0.3 is 0 Å². The van der Waals surface area contributed by atoms with Gasteiger partial charge in [-0.05, 0) is 37.5 Å². The van der Waals surface area contributed by atoms with Gasteiger partial charge in [0.2, 0.25) is 0 Å². The molecule has 3 aromatic carbocycles. The Morgan fingerprint density at radius 2 is 1.19 bits per heavy atom. The lowest BCUT2D eigenvalue weighted by molar-refractivity contribution is -0.971. The molecule has 0 saturated carbocycles. The van der Waals surface area contributed by atoms with E-state index in [1.54, 1.807) is 0 Å². The number of nitrogens with zero attached hydrogens (tertiary/aromatic N) is 1. The lowest BCUT2D eigenvalue weighted by Crippen LogP contribution is -3.13. The summed E-state index contributed by atoms with van der Waals surface area (Å²) < 4.78 is 37.7. The number of hydrogen-bond acceptors (Lipinski definition) is 6. The minimum Gasteiger partial charge on any atom is -0.744 e. The first-order valence-electron chi connectivity index (χ1n) is 17.3. The number of aryl methyl sites for hydroxylation is 2. The van der Waals surface area contributed by atoms with Crippen molar-refractivity contribution < 1.29 is 27.5 Å². The standard InChI is InChI=1S/C32H51NO.C6H5NO5S/c1-5-6-7-8-9-10-11-12-13-14-15-20-25-34-30(4)33(26-31-23-18-16-21-28(31)2)27-32-24-19-17-22-29(32)3;8-7(9)5-2-1-3-6(4-5)13(10,11)12/h16-19,21-24,30H,5-15,20,25-27H2,1-4H3;1-4H,(H,10,11,12). The Labute approximate surface area is 283 Å². The van der Waals surface area contributed by atoms with Crippen LogP contribution < -0.4 is 4.90 Å². The maximum atomic E-state index is 10.4. The Morgan fingerprint density at radius 3 is 1.64 bits per heavy atom. The van der Waals surface area contributed by atoms with Crippen LogP contribution in [0.25, 0.3) is 0 Å². The largest absolute Gasteiger partial charge is 0.744 e. The van der Waals surface area contributed by atoms with Gasteiger partial charge in [0.1, 0.15) is 23.2 Å². The molecular formula is C38H56N2O6S. The van der Waals surface area contributed by atoms with E-state index in [1.807, 2.05) is 0 Å². The van der Waals surface area contributed by atoms with Crippen LogP contribution in [0.15, 0.2) is 77.7 Å². The molecule has 1 unspecified atom stereocenters. The van der Waals surface area contributed by atoms with Crippen LogP contribution in [0.4, 0.5) is 5.69 Å². The van der Waals surface area contributed by atoms with Crippen LogP contribution >= 0.6 is 0 Å². The zero-order valence-corrected chi connectivity index (χ0v) is 29.7. The van der Waals surface area contributed by atoms with Crippen molar-refractivity contribution in [3.05, 3.63) is 105 Å². The first kappa shape index (κ1) is 40.1. The van der Waals surface area contributed by atoms with Gasteiger partial charge in [0.05, 0.1) is 16.4 Å².